The molecule has 0 fully saturated rings. The summed E-state index contributed by atoms with van der Waals surface area (Å²) in [5, 5.41) is 3.48. The van der Waals surface area contributed by atoms with E-state index >= 15 is 0 Å². The van der Waals surface area contributed by atoms with E-state index in [0.717, 1.165) is 66.8 Å². The molecule has 0 radical (unpaired) electrons. The molecule has 306 valence electrons. The summed E-state index contributed by atoms with van der Waals surface area (Å²) in [5.41, 5.74) is 20.1. The molecule has 11 aromatic rings. The fraction of sp³-hybridized carbons (Fsp3) is 0.0484. The Morgan fingerprint density at radius 2 is 0.846 bits per heavy atom. The first kappa shape index (κ1) is 38.4. The molecule has 2 heterocycles. The lowest BCUT2D eigenvalue weighted by Crippen LogP contribution is -2.14. The average Bonchev–Trinajstić information content (AvgIpc) is 3.61. The molecule has 0 spiro atoms. The molecule has 3 nitrogen and oxygen atoms in total. The van der Waals surface area contributed by atoms with E-state index in [1.165, 1.54) is 49.9 Å². The van der Waals surface area contributed by atoms with Gasteiger partial charge in [0.15, 0.2) is 5.82 Å². The summed E-state index contributed by atoms with van der Waals surface area (Å²) >= 11 is 0. The zero-order chi connectivity index (χ0) is 43.5. The highest BCUT2D eigenvalue weighted by Crippen LogP contribution is 2.49. The molecule has 65 heavy (non-hydrogen) atoms. The van der Waals surface area contributed by atoms with Gasteiger partial charge in [-0.3, -0.25) is 0 Å². The molecule has 0 aliphatic heterocycles. The van der Waals surface area contributed by atoms with Crippen LogP contribution >= 0.6 is 0 Å². The summed E-state index contributed by atoms with van der Waals surface area (Å²) in [7, 11) is 0. The van der Waals surface area contributed by atoms with Crippen LogP contribution in [-0.4, -0.2) is 15.0 Å². The summed E-state index contributed by atoms with van der Waals surface area (Å²) in [4.78, 5) is 15.8. The van der Waals surface area contributed by atoms with Crippen LogP contribution in [0.2, 0.25) is 0 Å². The van der Waals surface area contributed by atoms with Gasteiger partial charge in [0.25, 0.3) is 0 Å². The fourth-order valence-electron chi connectivity index (χ4n) is 9.94. The SMILES string of the molecule is CC1(C)c2ccccc2-c2ccc(-c3ccc(-c4cc(-c5cccc(-c6ccc7c(c6)nc(-c6ccccc6)c6cccc(-c8ccccc8)c67)c5)nc(-c5ccccc5)n4)cc3)cc21. The van der Waals surface area contributed by atoms with Crippen LogP contribution in [0.4, 0.5) is 0 Å². The minimum atomic E-state index is -0.0526. The van der Waals surface area contributed by atoms with Gasteiger partial charge in [0.2, 0.25) is 0 Å². The van der Waals surface area contributed by atoms with Crippen molar-refractivity contribution in [2.75, 3.05) is 0 Å². The standard InChI is InChI=1S/C62H43N3/c1-62(2)54-27-13-12-24-50(54)51-34-32-46(37-55(51)62)40-28-30-42(31-29-40)56-39-57(65-61(64-56)44-20-10-5-11-21-44)48-23-14-22-45(36-48)47-33-35-52-58(38-47)63-60(43-18-8-4-9-19-43)53-26-15-25-49(59(52)53)41-16-6-3-7-17-41/h3-39H,1-2H3. The highest BCUT2D eigenvalue weighted by Gasteiger charge is 2.35. The third kappa shape index (κ3) is 6.72. The minimum absolute atomic E-state index is 0.0526. The van der Waals surface area contributed by atoms with Crippen LogP contribution in [0.25, 0.3) is 111 Å². The van der Waals surface area contributed by atoms with Gasteiger partial charge < -0.3 is 0 Å². The summed E-state index contributed by atoms with van der Waals surface area (Å²) in [6.45, 7) is 4.67. The molecule has 3 heteroatoms. The monoisotopic (exact) mass is 829 g/mol. The van der Waals surface area contributed by atoms with E-state index in [1.807, 2.05) is 18.2 Å². The molecule has 0 bridgehead atoms. The number of hydrogen-bond donors (Lipinski definition) is 0. The van der Waals surface area contributed by atoms with Gasteiger partial charge in [0.05, 0.1) is 22.6 Å². The Morgan fingerprint density at radius 1 is 0.308 bits per heavy atom. The first-order valence-corrected chi connectivity index (χ1v) is 22.3. The lowest BCUT2D eigenvalue weighted by atomic mass is 9.81. The maximum atomic E-state index is 5.40. The zero-order valence-electron chi connectivity index (χ0n) is 36.2. The number of aromatic nitrogens is 3. The number of hydrogen-bond acceptors (Lipinski definition) is 3. The van der Waals surface area contributed by atoms with E-state index in [-0.39, 0.29) is 5.41 Å². The van der Waals surface area contributed by atoms with Crippen molar-refractivity contribution in [2.24, 2.45) is 0 Å². The molecular weight excluding hydrogens is 787 g/mol. The lowest BCUT2D eigenvalue weighted by Gasteiger charge is -2.22. The van der Waals surface area contributed by atoms with Gasteiger partial charge in [0.1, 0.15) is 0 Å². The van der Waals surface area contributed by atoms with E-state index in [0.29, 0.717) is 5.82 Å². The Labute approximate surface area is 379 Å². The fourth-order valence-corrected chi connectivity index (χ4v) is 9.94. The molecule has 9 aromatic carbocycles. The second-order valence-electron chi connectivity index (χ2n) is 17.6. The van der Waals surface area contributed by atoms with E-state index in [9.17, 15) is 0 Å². The topological polar surface area (TPSA) is 38.7 Å². The van der Waals surface area contributed by atoms with E-state index in [4.69, 9.17) is 15.0 Å². The van der Waals surface area contributed by atoms with E-state index < -0.39 is 0 Å². The molecule has 0 saturated carbocycles. The smallest absolute Gasteiger partial charge is 0.160 e. The van der Waals surface area contributed by atoms with Crippen LogP contribution in [0.5, 0.6) is 0 Å². The highest BCUT2D eigenvalue weighted by atomic mass is 14.9. The van der Waals surface area contributed by atoms with E-state index in [1.54, 1.807) is 0 Å². The van der Waals surface area contributed by atoms with Gasteiger partial charge >= 0.3 is 0 Å². The number of pyridine rings is 1. The molecule has 2 aromatic heterocycles. The van der Waals surface area contributed by atoms with Crippen LogP contribution in [-0.2, 0) is 5.41 Å². The van der Waals surface area contributed by atoms with Crippen molar-refractivity contribution in [3.8, 4) is 89.7 Å². The molecule has 0 atom stereocenters. The highest BCUT2D eigenvalue weighted by molar-refractivity contribution is 6.17. The first-order valence-electron chi connectivity index (χ1n) is 22.3. The predicted octanol–water partition coefficient (Wildman–Crippen LogP) is 16.2. The Kier molecular flexibility index (Phi) is 9.17. The number of rotatable bonds is 7. The van der Waals surface area contributed by atoms with Crippen molar-refractivity contribution >= 4 is 21.7 Å². The quantitative estimate of drug-likeness (QED) is 0.150. The number of nitrogens with zero attached hydrogens (tertiary/aromatic N) is 3. The van der Waals surface area contributed by atoms with Gasteiger partial charge in [-0.25, -0.2) is 15.0 Å². The molecule has 0 saturated heterocycles. The van der Waals surface area contributed by atoms with Gasteiger partial charge in [-0.15, -0.1) is 0 Å². The predicted molar refractivity (Wildman–Crippen MR) is 270 cm³/mol. The van der Waals surface area contributed by atoms with Gasteiger partial charge in [0, 0.05) is 43.8 Å². The lowest BCUT2D eigenvalue weighted by molar-refractivity contribution is 0.660. The second kappa shape index (κ2) is 15.5. The number of fused-ring (bicyclic) bond motifs is 6. The molecule has 12 rings (SSSR count). The summed E-state index contributed by atoms with van der Waals surface area (Å²) in [6.07, 6.45) is 0. The normalized spacial score (nSPS) is 12.6. The van der Waals surface area contributed by atoms with Crippen LogP contribution < -0.4 is 0 Å². The third-order valence-electron chi connectivity index (χ3n) is 13.3. The maximum Gasteiger partial charge on any atom is 0.160 e. The van der Waals surface area contributed by atoms with Gasteiger partial charge in [-0.05, 0) is 79.9 Å². The Balaban J connectivity index is 0.938. The Bertz CT molecular complexity index is 3600. The van der Waals surface area contributed by atoms with Crippen molar-refractivity contribution in [2.45, 2.75) is 19.3 Å². The largest absolute Gasteiger partial charge is 0.247 e. The van der Waals surface area contributed by atoms with E-state index in [2.05, 4.69) is 220 Å². The van der Waals surface area contributed by atoms with Gasteiger partial charge in [-0.2, -0.15) is 0 Å². The van der Waals surface area contributed by atoms with Crippen molar-refractivity contribution in [1.82, 2.24) is 15.0 Å². The Hall–Kier alpha value is -8.27. The summed E-state index contributed by atoms with van der Waals surface area (Å²) in [6, 6.07) is 80.2. The molecule has 1 aliphatic carbocycles. The Morgan fingerprint density at radius 3 is 1.62 bits per heavy atom. The van der Waals surface area contributed by atoms with Crippen molar-refractivity contribution < 1.29 is 0 Å². The van der Waals surface area contributed by atoms with Gasteiger partial charge in [-0.1, -0.05) is 214 Å². The maximum absolute atomic E-state index is 5.40. The second-order valence-corrected chi connectivity index (χ2v) is 17.6. The third-order valence-corrected chi connectivity index (χ3v) is 13.3. The number of benzene rings is 9. The minimum Gasteiger partial charge on any atom is -0.247 e. The van der Waals surface area contributed by atoms with Crippen LogP contribution in [0.15, 0.2) is 224 Å². The van der Waals surface area contributed by atoms with Crippen LogP contribution in [0.1, 0.15) is 25.0 Å². The van der Waals surface area contributed by atoms with Crippen molar-refractivity contribution in [1.29, 1.82) is 0 Å². The molecule has 0 unspecified atom stereocenters. The molecule has 0 N–H and O–H groups in total. The summed E-state index contributed by atoms with van der Waals surface area (Å²) < 4.78 is 0. The summed E-state index contributed by atoms with van der Waals surface area (Å²) in [5.74, 6) is 0.692. The van der Waals surface area contributed by atoms with Crippen molar-refractivity contribution in [3.63, 3.8) is 0 Å². The van der Waals surface area contributed by atoms with Crippen LogP contribution in [0.3, 0.4) is 0 Å². The molecule has 1 aliphatic rings. The zero-order valence-corrected chi connectivity index (χ0v) is 36.2. The molecular formula is C62H43N3. The molecule has 0 amide bonds. The van der Waals surface area contributed by atoms with Crippen molar-refractivity contribution in [3.05, 3.63) is 236 Å². The first-order chi connectivity index (χ1) is 32.0. The van der Waals surface area contributed by atoms with Crippen LogP contribution in [0, 0.1) is 0 Å². The average molecular weight is 830 g/mol.